The lowest BCUT2D eigenvalue weighted by Crippen LogP contribution is -2.18. The van der Waals surface area contributed by atoms with E-state index in [1.807, 2.05) is 12.1 Å². The van der Waals surface area contributed by atoms with Crippen molar-refractivity contribution >= 4 is 9.84 Å². The summed E-state index contributed by atoms with van der Waals surface area (Å²) in [4.78, 5) is 0. The van der Waals surface area contributed by atoms with Crippen LogP contribution in [0.2, 0.25) is 0 Å². The van der Waals surface area contributed by atoms with E-state index in [-0.39, 0.29) is 5.44 Å². The van der Waals surface area contributed by atoms with Gasteiger partial charge in [0.2, 0.25) is 0 Å². The van der Waals surface area contributed by atoms with Crippen molar-refractivity contribution in [3.63, 3.8) is 0 Å². The van der Waals surface area contributed by atoms with Crippen LogP contribution in [0, 0.1) is 5.44 Å². The van der Waals surface area contributed by atoms with Crippen LogP contribution in [0.3, 0.4) is 0 Å². The zero-order valence-electron chi connectivity index (χ0n) is 9.91. The van der Waals surface area contributed by atoms with Gasteiger partial charge in [0.05, 0.1) is 0 Å². The van der Waals surface area contributed by atoms with Crippen LogP contribution in [0.15, 0.2) is 60.7 Å². The maximum Gasteiger partial charge on any atom is 0.291 e. The molecule has 0 amide bonds. The van der Waals surface area contributed by atoms with Gasteiger partial charge in [-0.25, -0.2) is 8.42 Å². The molecule has 0 atom stereocenters. The van der Waals surface area contributed by atoms with E-state index in [0.29, 0.717) is 11.3 Å². The third kappa shape index (κ3) is 3.11. The molecule has 0 heterocycles. The van der Waals surface area contributed by atoms with Crippen molar-refractivity contribution < 1.29 is 13.2 Å². The molecule has 18 heavy (non-hydrogen) atoms. The summed E-state index contributed by atoms with van der Waals surface area (Å²) in [7, 11) is -3.42. The van der Waals surface area contributed by atoms with Crippen molar-refractivity contribution in [1.29, 1.82) is 0 Å². The Morgan fingerprint density at radius 1 is 0.889 bits per heavy atom. The average molecular weight is 261 g/mol. The highest BCUT2D eigenvalue weighted by molar-refractivity contribution is 7.93. The van der Waals surface area contributed by atoms with Crippen LogP contribution in [0.1, 0.15) is 5.56 Å². The molecule has 2 rings (SSSR count). The van der Waals surface area contributed by atoms with E-state index in [2.05, 4.69) is 0 Å². The fraction of sp³-hybridized carbons (Fsp3) is 0.0714. The lowest BCUT2D eigenvalue weighted by Gasteiger charge is -2.15. The number of benzene rings is 2. The third-order valence-corrected chi connectivity index (χ3v) is 3.29. The molecule has 1 radical (unpaired) electrons. The van der Waals surface area contributed by atoms with Crippen LogP contribution in [-0.4, -0.2) is 14.7 Å². The SMILES string of the molecule is CS(=O)(=O)[C](Oc1ccccc1)c1ccccc1. The Balaban J connectivity index is 2.34. The fourth-order valence-corrected chi connectivity index (χ4v) is 2.33. The highest BCUT2D eigenvalue weighted by atomic mass is 32.2. The zero-order chi connectivity index (χ0) is 13.0. The molecule has 2 aromatic carbocycles. The first-order chi connectivity index (χ1) is 8.57. The molecule has 0 aliphatic rings. The lowest BCUT2D eigenvalue weighted by molar-refractivity contribution is 0.394. The van der Waals surface area contributed by atoms with Crippen molar-refractivity contribution in [3.8, 4) is 5.75 Å². The summed E-state index contributed by atoms with van der Waals surface area (Å²) in [6, 6.07) is 17.6. The van der Waals surface area contributed by atoms with E-state index < -0.39 is 9.84 Å². The number of hydrogen-bond acceptors (Lipinski definition) is 3. The molecule has 4 heteroatoms. The van der Waals surface area contributed by atoms with Crippen molar-refractivity contribution in [2.75, 3.05) is 6.26 Å². The topological polar surface area (TPSA) is 43.4 Å². The summed E-state index contributed by atoms with van der Waals surface area (Å²) in [5, 5.41) is 0. The normalized spacial score (nSPS) is 11.4. The van der Waals surface area contributed by atoms with Crippen LogP contribution in [0.25, 0.3) is 0 Å². The van der Waals surface area contributed by atoms with Crippen LogP contribution < -0.4 is 4.74 Å². The second kappa shape index (κ2) is 5.23. The van der Waals surface area contributed by atoms with Crippen molar-refractivity contribution in [2.24, 2.45) is 0 Å². The van der Waals surface area contributed by atoms with E-state index in [4.69, 9.17) is 4.74 Å². The summed E-state index contributed by atoms with van der Waals surface area (Å²) in [5.41, 5.74) is 0.512. The van der Waals surface area contributed by atoms with Gasteiger partial charge in [0, 0.05) is 11.8 Å². The Labute approximate surface area is 107 Å². The first-order valence-electron chi connectivity index (χ1n) is 5.43. The summed E-state index contributed by atoms with van der Waals surface area (Å²) in [5.74, 6) is 0.502. The smallest absolute Gasteiger partial charge is 0.291 e. The summed E-state index contributed by atoms with van der Waals surface area (Å²) in [6.45, 7) is 0. The second-order valence-corrected chi connectivity index (χ2v) is 5.76. The summed E-state index contributed by atoms with van der Waals surface area (Å²) < 4.78 is 29.0. The van der Waals surface area contributed by atoms with Gasteiger partial charge >= 0.3 is 0 Å². The highest BCUT2D eigenvalue weighted by Gasteiger charge is 2.27. The first-order valence-corrected chi connectivity index (χ1v) is 7.32. The molecule has 3 nitrogen and oxygen atoms in total. The second-order valence-electron chi connectivity index (χ2n) is 3.84. The van der Waals surface area contributed by atoms with E-state index in [1.54, 1.807) is 48.5 Å². The number of hydrogen-bond donors (Lipinski definition) is 0. The largest absolute Gasteiger partial charge is 0.461 e. The van der Waals surface area contributed by atoms with Crippen LogP contribution in [-0.2, 0) is 9.84 Å². The van der Waals surface area contributed by atoms with Crippen LogP contribution in [0.5, 0.6) is 5.75 Å². The molecule has 0 saturated heterocycles. The van der Waals surface area contributed by atoms with Gasteiger partial charge in [-0.2, -0.15) is 0 Å². The van der Waals surface area contributed by atoms with Gasteiger partial charge in [0.1, 0.15) is 5.75 Å². The molecule has 0 fully saturated rings. The quantitative estimate of drug-likeness (QED) is 0.849. The summed E-state index contributed by atoms with van der Waals surface area (Å²) in [6.07, 6.45) is 1.14. The van der Waals surface area contributed by atoms with Gasteiger partial charge in [-0.15, -0.1) is 0 Å². The molecular formula is C14H13O3S. The number of ether oxygens (including phenoxy) is 1. The fourth-order valence-electron chi connectivity index (χ4n) is 1.52. The molecule has 0 bridgehead atoms. The Morgan fingerprint density at radius 3 is 1.89 bits per heavy atom. The van der Waals surface area contributed by atoms with E-state index in [9.17, 15) is 8.42 Å². The monoisotopic (exact) mass is 261 g/mol. The number of rotatable bonds is 4. The van der Waals surface area contributed by atoms with Crippen molar-refractivity contribution in [1.82, 2.24) is 0 Å². The van der Waals surface area contributed by atoms with Crippen molar-refractivity contribution in [3.05, 3.63) is 71.7 Å². The van der Waals surface area contributed by atoms with Crippen LogP contribution in [0.4, 0.5) is 0 Å². The molecule has 93 valence electrons. The summed E-state index contributed by atoms with van der Waals surface area (Å²) >= 11 is 0. The van der Waals surface area contributed by atoms with Gasteiger partial charge in [-0.3, -0.25) is 0 Å². The highest BCUT2D eigenvalue weighted by Crippen LogP contribution is 2.24. The predicted molar refractivity (Wildman–Crippen MR) is 70.7 cm³/mol. The van der Waals surface area contributed by atoms with E-state index in [1.165, 1.54) is 0 Å². The molecule has 0 aliphatic heterocycles. The maximum atomic E-state index is 11.8. The van der Waals surface area contributed by atoms with Gasteiger partial charge in [0.15, 0.2) is 9.84 Å². The van der Waals surface area contributed by atoms with Gasteiger partial charge in [0.25, 0.3) is 5.44 Å². The first kappa shape index (κ1) is 12.6. The number of para-hydroxylation sites is 1. The Bertz CT molecular complexity index is 591. The third-order valence-electron chi connectivity index (χ3n) is 2.30. The van der Waals surface area contributed by atoms with E-state index >= 15 is 0 Å². The minimum absolute atomic E-state index is 0.0331. The molecule has 0 aliphatic carbocycles. The molecule has 0 N–H and O–H groups in total. The standard InChI is InChI=1S/C14H13O3S/c1-18(15,16)14(12-8-4-2-5-9-12)17-13-10-6-3-7-11-13/h2-11H,1H3. The zero-order valence-corrected chi connectivity index (χ0v) is 10.7. The molecule has 0 spiro atoms. The molecule has 0 saturated carbocycles. The minimum atomic E-state index is -3.42. The Kier molecular flexibility index (Phi) is 3.67. The predicted octanol–water partition coefficient (Wildman–Crippen LogP) is 2.65. The number of sulfone groups is 1. The van der Waals surface area contributed by atoms with Gasteiger partial charge in [-0.1, -0.05) is 48.5 Å². The molecule has 0 aromatic heterocycles. The van der Waals surface area contributed by atoms with Gasteiger partial charge < -0.3 is 4.74 Å². The maximum absolute atomic E-state index is 11.8. The lowest BCUT2D eigenvalue weighted by atomic mass is 10.2. The Hall–Kier alpha value is -1.81. The Morgan fingerprint density at radius 2 is 1.39 bits per heavy atom. The minimum Gasteiger partial charge on any atom is -0.461 e. The molecular weight excluding hydrogens is 248 g/mol. The molecule has 2 aromatic rings. The van der Waals surface area contributed by atoms with Crippen LogP contribution >= 0.6 is 0 Å². The van der Waals surface area contributed by atoms with E-state index in [0.717, 1.165) is 6.26 Å². The average Bonchev–Trinajstić information content (AvgIpc) is 2.37. The molecule has 0 unspecified atom stereocenters. The van der Waals surface area contributed by atoms with Gasteiger partial charge in [-0.05, 0) is 12.1 Å². The van der Waals surface area contributed by atoms with Crippen molar-refractivity contribution in [2.45, 2.75) is 0 Å².